The van der Waals surface area contributed by atoms with Crippen molar-refractivity contribution in [3.8, 4) is 5.88 Å². The van der Waals surface area contributed by atoms with Gasteiger partial charge in [-0.1, -0.05) is 6.07 Å². The fraction of sp³-hybridized carbons (Fsp3) is 0.250. The van der Waals surface area contributed by atoms with Gasteiger partial charge >= 0.3 is 5.97 Å². The topological polar surface area (TPSA) is 59.4 Å². The van der Waals surface area contributed by atoms with Crippen molar-refractivity contribution in [3.05, 3.63) is 23.9 Å². The van der Waals surface area contributed by atoms with Crippen LogP contribution in [-0.2, 0) is 4.79 Å². The molecule has 0 atom stereocenters. The average molecular weight is 167 g/mol. The summed E-state index contributed by atoms with van der Waals surface area (Å²) in [5, 5.41) is 8.29. The molecule has 0 fully saturated rings. The van der Waals surface area contributed by atoms with Gasteiger partial charge in [0, 0.05) is 11.8 Å². The van der Waals surface area contributed by atoms with E-state index in [1.807, 2.05) is 13.0 Å². The lowest BCUT2D eigenvalue weighted by Crippen LogP contribution is -2.10. The summed E-state index contributed by atoms with van der Waals surface area (Å²) < 4.78 is 4.84. The molecule has 0 aliphatic rings. The Morgan fingerprint density at radius 2 is 2.42 bits per heavy atom. The van der Waals surface area contributed by atoms with Crippen molar-refractivity contribution in [3.63, 3.8) is 0 Å². The zero-order valence-electron chi connectivity index (χ0n) is 6.65. The monoisotopic (exact) mass is 167 g/mol. The van der Waals surface area contributed by atoms with E-state index in [2.05, 4.69) is 4.98 Å². The number of aliphatic carboxylic acids is 1. The highest BCUT2D eigenvalue weighted by Crippen LogP contribution is 2.05. The van der Waals surface area contributed by atoms with Crippen molar-refractivity contribution in [2.24, 2.45) is 0 Å². The quantitative estimate of drug-likeness (QED) is 0.725. The number of rotatable bonds is 3. The van der Waals surface area contributed by atoms with E-state index in [9.17, 15) is 4.79 Å². The van der Waals surface area contributed by atoms with E-state index in [-0.39, 0.29) is 6.61 Å². The average Bonchev–Trinajstić information content (AvgIpc) is 2.01. The Balaban J connectivity index is 2.57. The van der Waals surface area contributed by atoms with Crippen molar-refractivity contribution in [1.29, 1.82) is 0 Å². The molecule has 0 saturated heterocycles. The molecule has 0 radical (unpaired) electrons. The Hall–Kier alpha value is -1.58. The maximum Gasteiger partial charge on any atom is 0.341 e. The second-order valence-corrected chi connectivity index (χ2v) is 2.30. The summed E-state index contributed by atoms with van der Waals surface area (Å²) >= 11 is 0. The van der Waals surface area contributed by atoms with Crippen LogP contribution >= 0.6 is 0 Å². The molecule has 12 heavy (non-hydrogen) atoms. The molecule has 0 spiro atoms. The standard InChI is InChI=1S/C8H9NO3/c1-6-3-2-4-7(9-6)12-5-8(10)11/h2-4H,5H2,1H3,(H,10,11). The van der Waals surface area contributed by atoms with Crippen LogP contribution in [-0.4, -0.2) is 22.7 Å². The summed E-state index contributed by atoms with van der Waals surface area (Å²) in [5.41, 5.74) is 0.804. The first kappa shape index (κ1) is 8.52. The lowest BCUT2D eigenvalue weighted by atomic mass is 10.4. The van der Waals surface area contributed by atoms with Crippen molar-refractivity contribution >= 4 is 5.97 Å². The second kappa shape index (κ2) is 3.71. The highest BCUT2D eigenvalue weighted by Gasteiger charge is 1.99. The highest BCUT2D eigenvalue weighted by molar-refractivity contribution is 5.68. The third-order valence-electron chi connectivity index (χ3n) is 1.21. The van der Waals surface area contributed by atoms with Crippen LogP contribution in [0.5, 0.6) is 5.88 Å². The van der Waals surface area contributed by atoms with Crippen molar-refractivity contribution < 1.29 is 14.6 Å². The largest absolute Gasteiger partial charge is 0.479 e. The molecule has 0 saturated carbocycles. The van der Waals surface area contributed by atoms with Gasteiger partial charge in [0.1, 0.15) is 0 Å². The molecule has 4 nitrogen and oxygen atoms in total. The molecule has 1 aromatic rings. The second-order valence-electron chi connectivity index (χ2n) is 2.30. The number of hydrogen-bond donors (Lipinski definition) is 1. The summed E-state index contributed by atoms with van der Waals surface area (Å²) in [6.07, 6.45) is 0. The number of aryl methyl sites for hydroxylation is 1. The minimum Gasteiger partial charge on any atom is -0.479 e. The van der Waals surface area contributed by atoms with E-state index in [0.29, 0.717) is 5.88 Å². The number of carboxylic acids is 1. The molecule has 0 aromatic carbocycles. The lowest BCUT2D eigenvalue weighted by Gasteiger charge is -2.01. The number of hydrogen-bond acceptors (Lipinski definition) is 3. The molecule has 4 heteroatoms. The molecule has 0 aliphatic heterocycles. The molecule has 1 rings (SSSR count). The molecule has 1 N–H and O–H groups in total. The number of carbonyl (C=O) groups is 1. The number of nitrogens with zero attached hydrogens (tertiary/aromatic N) is 1. The Kier molecular flexibility index (Phi) is 2.63. The summed E-state index contributed by atoms with van der Waals surface area (Å²) in [5.74, 6) is -0.657. The molecule has 0 aliphatic carbocycles. The first-order chi connectivity index (χ1) is 5.68. The van der Waals surface area contributed by atoms with Crippen molar-refractivity contribution in [2.75, 3.05) is 6.61 Å². The van der Waals surface area contributed by atoms with E-state index in [1.54, 1.807) is 12.1 Å². The molecule has 1 aromatic heterocycles. The van der Waals surface area contributed by atoms with Crippen LogP contribution < -0.4 is 4.74 Å². The fourth-order valence-corrected chi connectivity index (χ4v) is 0.734. The lowest BCUT2D eigenvalue weighted by molar-refractivity contribution is -0.139. The van der Waals surface area contributed by atoms with Crippen molar-refractivity contribution in [1.82, 2.24) is 4.98 Å². The molecule has 64 valence electrons. The zero-order chi connectivity index (χ0) is 8.97. The Morgan fingerprint density at radius 3 is 3.00 bits per heavy atom. The van der Waals surface area contributed by atoms with Gasteiger partial charge in [0.05, 0.1) is 0 Å². The van der Waals surface area contributed by atoms with Gasteiger partial charge in [-0.2, -0.15) is 0 Å². The zero-order valence-corrected chi connectivity index (χ0v) is 6.65. The van der Waals surface area contributed by atoms with Gasteiger partial charge < -0.3 is 9.84 Å². The maximum absolute atomic E-state index is 10.1. The molecule has 0 unspecified atom stereocenters. The van der Waals surface area contributed by atoms with Gasteiger partial charge in [0.25, 0.3) is 0 Å². The smallest absolute Gasteiger partial charge is 0.341 e. The number of ether oxygens (including phenoxy) is 1. The summed E-state index contributed by atoms with van der Waals surface area (Å²) in [7, 11) is 0. The van der Waals surface area contributed by atoms with Gasteiger partial charge in [-0.05, 0) is 13.0 Å². The molecule has 0 bridgehead atoms. The summed E-state index contributed by atoms with van der Waals surface area (Å²) in [6.45, 7) is 1.46. The van der Waals surface area contributed by atoms with E-state index in [1.165, 1.54) is 0 Å². The summed E-state index contributed by atoms with van der Waals surface area (Å²) in [6, 6.07) is 5.20. The third-order valence-corrected chi connectivity index (χ3v) is 1.21. The Bertz CT molecular complexity index is 285. The molecular formula is C8H9NO3. The third kappa shape index (κ3) is 2.57. The minimum atomic E-state index is -1.00. The van der Waals surface area contributed by atoms with E-state index in [0.717, 1.165) is 5.69 Å². The first-order valence-electron chi connectivity index (χ1n) is 3.47. The van der Waals surface area contributed by atoms with Crippen LogP contribution in [0, 0.1) is 6.92 Å². The van der Waals surface area contributed by atoms with Gasteiger partial charge in [0.2, 0.25) is 5.88 Å². The molecule has 0 amide bonds. The first-order valence-corrected chi connectivity index (χ1v) is 3.47. The predicted octanol–water partition coefficient (Wildman–Crippen LogP) is 0.853. The maximum atomic E-state index is 10.1. The predicted molar refractivity (Wildman–Crippen MR) is 42.1 cm³/mol. The Morgan fingerprint density at radius 1 is 1.67 bits per heavy atom. The van der Waals surface area contributed by atoms with Crippen LogP contribution in [0.25, 0.3) is 0 Å². The van der Waals surface area contributed by atoms with Gasteiger partial charge in [-0.15, -0.1) is 0 Å². The van der Waals surface area contributed by atoms with E-state index in [4.69, 9.17) is 9.84 Å². The number of pyridine rings is 1. The highest BCUT2D eigenvalue weighted by atomic mass is 16.5. The van der Waals surface area contributed by atoms with Crippen LogP contribution in [0.15, 0.2) is 18.2 Å². The molecule has 1 heterocycles. The number of aromatic nitrogens is 1. The SMILES string of the molecule is Cc1cccc(OCC(=O)O)n1. The van der Waals surface area contributed by atoms with Crippen molar-refractivity contribution in [2.45, 2.75) is 6.92 Å². The normalized spacial score (nSPS) is 9.42. The van der Waals surface area contributed by atoms with Crippen LogP contribution in [0.4, 0.5) is 0 Å². The minimum absolute atomic E-state index is 0.345. The van der Waals surface area contributed by atoms with Gasteiger partial charge in [0.15, 0.2) is 6.61 Å². The van der Waals surface area contributed by atoms with Crippen LogP contribution in [0.2, 0.25) is 0 Å². The number of carboxylic acid groups (broad SMARTS) is 1. The van der Waals surface area contributed by atoms with E-state index >= 15 is 0 Å². The summed E-state index contributed by atoms with van der Waals surface area (Å²) in [4.78, 5) is 14.1. The van der Waals surface area contributed by atoms with E-state index < -0.39 is 5.97 Å². The molecular weight excluding hydrogens is 158 g/mol. The van der Waals surface area contributed by atoms with Gasteiger partial charge in [-0.25, -0.2) is 9.78 Å². The van der Waals surface area contributed by atoms with Gasteiger partial charge in [-0.3, -0.25) is 0 Å². The Labute approximate surface area is 69.8 Å². The fourth-order valence-electron chi connectivity index (χ4n) is 0.734. The van der Waals surface area contributed by atoms with Crippen LogP contribution in [0.3, 0.4) is 0 Å². The van der Waals surface area contributed by atoms with Crippen LogP contribution in [0.1, 0.15) is 5.69 Å².